The summed E-state index contributed by atoms with van der Waals surface area (Å²) >= 11 is 0. The second-order valence-corrected chi connectivity index (χ2v) is 3.51. The van der Waals surface area contributed by atoms with Gasteiger partial charge in [0.25, 0.3) is 0 Å². The maximum absolute atomic E-state index is 11.5. The Morgan fingerprint density at radius 2 is 2.50 bits per heavy atom. The molecular weight excluding hydrogens is 206 g/mol. The zero-order valence-electron chi connectivity index (χ0n) is 8.84. The van der Waals surface area contributed by atoms with Gasteiger partial charge in [0.2, 0.25) is 11.9 Å². The molecule has 2 rings (SSSR count). The summed E-state index contributed by atoms with van der Waals surface area (Å²) in [5.74, 6) is 0.388. The quantitative estimate of drug-likeness (QED) is 0.696. The molecule has 6 nitrogen and oxygen atoms in total. The van der Waals surface area contributed by atoms with Crippen LogP contribution >= 0.6 is 0 Å². The lowest BCUT2D eigenvalue weighted by Gasteiger charge is -2.32. The van der Waals surface area contributed by atoms with Crippen molar-refractivity contribution in [2.24, 2.45) is 0 Å². The van der Waals surface area contributed by atoms with Gasteiger partial charge in [0.1, 0.15) is 17.8 Å². The van der Waals surface area contributed by atoms with Crippen LogP contribution in [0, 0.1) is 11.3 Å². The number of hydrogen-bond acceptors (Lipinski definition) is 5. The molecule has 1 amide bonds. The number of amides is 1. The lowest BCUT2D eigenvalue weighted by molar-refractivity contribution is -0.122. The van der Waals surface area contributed by atoms with E-state index in [2.05, 4.69) is 15.3 Å². The Balaban J connectivity index is 2.29. The Morgan fingerprint density at radius 1 is 1.69 bits per heavy atom. The van der Waals surface area contributed by atoms with Crippen molar-refractivity contribution in [3.8, 4) is 6.07 Å². The lowest BCUT2D eigenvalue weighted by Crippen LogP contribution is -2.54. The number of nitriles is 1. The largest absolute Gasteiger partial charge is 0.353 e. The molecule has 6 heteroatoms. The van der Waals surface area contributed by atoms with E-state index in [1.54, 1.807) is 11.8 Å². The molecule has 1 aliphatic rings. The molecule has 1 unspecified atom stereocenters. The van der Waals surface area contributed by atoms with Crippen LogP contribution in [0.1, 0.15) is 12.6 Å². The fraction of sp³-hybridized carbons (Fsp3) is 0.400. The standard InChI is InChI=1S/C10H11N5O/c1-7-9(16)12-4-5-15(7)10-13-3-2-8(6-11)14-10/h2-3,7H,4-5H2,1H3,(H,12,16). The van der Waals surface area contributed by atoms with E-state index in [4.69, 9.17) is 5.26 Å². The van der Waals surface area contributed by atoms with Gasteiger partial charge in [0.15, 0.2) is 0 Å². The van der Waals surface area contributed by atoms with E-state index in [1.165, 1.54) is 12.3 Å². The minimum absolute atomic E-state index is 0.0442. The first-order valence-electron chi connectivity index (χ1n) is 5.00. The Morgan fingerprint density at radius 3 is 3.25 bits per heavy atom. The summed E-state index contributed by atoms with van der Waals surface area (Å²) < 4.78 is 0. The first-order chi connectivity index (χ1) is 7.72. The van der Waals surface area contributed by atoms with Crippen molar-refractivity contribution in [1.82, 2.24) is 15.3 Å². The molecule has 1 aromatic rings. The molecule has 0 aromatic carbocycles. The number of anilines is 1. The van der Waals surface area contributed by atoms with Crippen LogP contribution in [0.4, 0.5) is 5.95 Å². The predicted molar refractivity (Wildman–Crippen MR) is 56.6 cm³/mol. The molecule has 0 saturated carbocycles. The molecule has 1 atom stereocenters. The summed E-state index contributed by atoms with van der Waals surface area (Å²) in [7, 11) is 0. The minimum Gasteiger partial charge on any atom is -0.353 e. The van der Waals surface area contributed by atoms with Crippen LogP contribution in [0.5, 0.6) is 0 Å². The van der Waals surface area contributed by atoms with E-state index >= 15 is 0 Å². The van der Waals surface area contributed by atoms with Gasteiger partial charge >= 0.3 is 0 Å². The normalized spacial score (nSPS) is 20.1. The number of hydrogen-bond donors (Lipinski definition) is 1. The highest BCUT2D eigenvalue weighted by atomic mass is 16.2. The minimum atomic E-state index is -0.303. The van der Waals surface area contributed by atoms with Gasteiger partial charge in [-0.2, -0.15) is 5.26 Å². The third-order valence-corrected chi connectivity index (χ3v) is 2.51. The molecule has 0 aliphatic carbocycles. The molecule has 1 saturated heterocycles. The first-order valence-corrected chi connectivity index (χ1v) is 5.00. The summed E-state index contributed by atoms with van der Waals surface area (Å²) in [6, 6.07) is 3.19. The second-order valence-electron chi connectivity index (χ2n) is 3.51. The zero-order valence-corrected chi connectivity index (χ0v) is 8.84. The number of carbonyl (C=O) groups is 1. The highest BCUT2D eigenvalue weighted by Crippen LogP contribution is 2.13. The van der Waals surface area contributed by atoms with Crippen molar-refractivity contribution in [1.29, 1.82) is 5.26 Å². The van der Waals surface area contributed by atoms with Gasteiger partial charge in [-0.3, -0.25) is 4.79 Å². The van der Waals surface area contributed by atoms with Crippen molar-refractivity contribution in [2.75, 3.05) is 18.0 Å². The molecule has 0 radical (unpaired) electrons. The topological polar surface area (TPSA) is 81.9 Å². The van der Waals surface area contributed by atoms with Crippen molar-refractivity contribution < 1.29 is 4.79 Å². The van der Waals surface area contributed by atoms with E-state index in [0.717, 1.165) is 0 Å². The van der Waals surface area contributed by atoms with Gasteiger partial charge in [-0.05, 0) is 13.0 Å². The molecule has 1 N–H and O–H groups in total. The average molecular weight is 217 g/mol. The number of piperazine rings is 1. The number of nitrogens with zero attached hydrogens (tertiary/aromatic N) is 4. The highest BCUT2D eigenvalue weighted by Gasteiger charge is 2.27. The molecule has 0 bridgehead atoms. The number of aromatic nitrogens is 2. The van der Waals surface area contributed by atoms with Gasteiger partial charge in [0, 0.05) is 19.3 Å². The molecular formula is C10H11N5O. The van der Waals surface area contributed by atoms with Crippen LogP contribution in [0.15, 0.2) is 12.3 Å². The molecule has 1 fully saturated rings. The van der Waals surface area contributed by atoms with Crippen molar-refractivity contribution in [2.45, 2.75) is 13.0 Å². The van der Waals surface area contributed by atoms with E-state index in [-0.39, 0.29) is 11.9 Å². The Bertz CT molecular complexity index is 453. The second kappa shape index (κ2) is 4.14. The van der Waals surface area contributed by atoms with Gasteiger partial charge in [-0.25, -0.2) is 9.97 Å². The zero-order chi connectivity index (χ0) is 11.5. The Labute approximate surface area is 92.9 Å². The first kappa shape index (κ1) is 10.4. The van der Waals surface area contributed by atoms with E-state index in [0.29, 0.717) is 24.7 Å². The Hall–Kier alpha value is -2.16. The van der Waals surface area contributed by atoms with Crippen LogP contribution in [0.3, 0.4) is 0 Å². The number of carbonyl (C=O) groups excluding carboxylic acids is 1. The summed E-state index contributed by atoms with van der Waals surface area (Å²) in [4.78, 5) is 21.4. The van der Waals surface area contributed by atoms with Crippen LogP contribution in [0.2, 0.25) is 0 Å². The average Bonchev–Trinajstić information content (AvgIpc) is 2.33. The highest BCUT2D eigenvalue weighted by molar-refractivity contribution is 5.85. The molecule has 2 heterocycles. The third-order valence-electron chi connectivity index (χ3n) is 2.51. The SMILES string of the molecule is CC1C(=O)NCCN1c1nccc(C#N)n1. The van der Waals surface area contributed by atoms with E-state index in [1.807, 2.05) is 6.07 Å². The van der Waals surface area contributed by atoms with Crippen molar-refractivity contribution >= 4 is 11.9 Å². The fourth-order valence-electron chi connectivity index (χ4n) is 1.60. The Kier molecular flexibility index (Phi) is 2.68. The lowest BCUT2D eigenvalue weighted by atomic mass is 10.2. The number of rotatable bonds is 1. The molecule has 1 aliphatic heterocycles. The van der Waals surface area contributed by atoms with Crippen molar-refractivity contribution in [3.05, 3.63) is 18.0 Å². The third kappa shape index (κ3) is 1.80. The van der Waals surface area contributed by atoms with Crippen LogP contribution < -0.4 is 10.2 Å². The summed E-state index contributed by atoms with van der Waals surface area (Å²) in [6.07, 6.45) is 1.53. The smallest absolute Gasteiger partial charge is 0.242 e. The van der Waals surface area contributed by atoms with E-state index < -0.39 is 0 Å². The van der Waals surface area contributed by atoms with Crippen LogP contribution in [0.25, 0.3) is 0 Å². The molecule has 1 aromatic heterocycles. The fourth-order valence-corrected chi connectivity index (χ4v) is 1.60. The monoisotopic (exact) mass is 217 g/mol. The van der Waals surface area contributed by atoms with Gasteiger partial charge in [0.05, 0.1) is 0 Å². The van der Waals surface area contributed by atoms with Crippen LogP contribution in [-0.2, 0) is 4.79 Å². The van der Waals surface area contributed by atoms with E-state index in [9.17, 15) is 4.79 Å². The van der Waals surface area contributed by atoms with Gasteiger partial charge in [-0.15, -0.1) is 0 Å². The molecule has 16 heavy (non-hydrogen) atoms. The van der Waals surface area contributed by atoms with Crippen LogP contribution in [-0.4, -0.2) is 35.0 Å². The molecule has 0 spiro atoms. The number of nitrogens with one attached hydrogen (secondary N) is 1. The molecule has 82 valence electrons. The summed E-state index contributed by atoms with van der Waals surface area (Å²) in [5.41, 5.74) is 0.309. The summed E-state index contributed by atoms with van der Waals surface area (Å²) in [5, 5.41) is 11.5. The van der Waals surface area contributed by atoms with Gasteiger partial charge < -0.3 is 10.2 Å². The van der Waals surface area contributed by atoms with Gasteiger partial charge in [-0.1, -0.05) is 0 Å². The summed E-state index contributed by atoms with van der Waals surface area (Å²) in [6.45, 7) is 3.02. The van der Waals surface area contributed by atoms with Crippen molar-refractivity contribution in [3.63, 3.8) is 0 Å². The predicted octanol–water partition coefficient (Wildman–Crippen LogP) is -0.327. The maximum atomic E-state index is 11.5. The maximum Gasteiger partial charge on any atom is 0.242 e.